The van der Waals surface area contributed by atoms with Gasteiger partial charge in [0.1, 0.15) is 97.8 Å². The monoisotopic (exact) mass is 1720 g/mol. The molecule has 0 aliphatic carbocycles. The van der Waals surface area contributed by atoms with Gasteiger partial charge in [0, 0.05) is 95.8 Å². The lowest BCUT2D eigenvalue weighted by atomic mass is 9.95. The van der Waals surface area contributed by atoms with Gasteiger partial charge in [-0.3, -0.25) is 38.9 Å². The lowest BCUT2D eigenvalue weighted by Gasteiger charge is -2.39. The van der Waals surface area contributed by atoms with E-state index in [0.717, 1.165) is 29.5 Å². The molecule has 0 spiro atoms. The average molecular weight is 1720 g/mol. The average Bonchev–Trinajstić information content (AvgIpc) is 1.57. The van der Waals surface area contributed by atoms with E-state index in [2.05, 4.69) is 37.1 Å². The normalized spacial score (nSPS) is 23.9. The maximum absolute atomic E-state index is 14.4. The number of aryl methyl sites for hydroxylation is 1. The molecule has 682 valence electrons. The van der Waals surface area contributed by atoms with Crippen LogP contribution in [0.15, 0.2) is 78.9 Å². The van der Waals surface area contributed by atoms with Crippen LogP contribution < -0.4 is 36.8 Å². The van der Waals surface area contributed by atoms with Crippen molar-refractivity contribution in [2.24, 2.45) is 0 Å². The molecule has 0 radical (unpaired) electrons. The Morgan fingerprint density at radius 3 is 1.44 bits per heavy atom. The van der Waals surface area contributed by atoms with Gasteiger partial charge in [-0.15, -0.1) is 5.10 Å². The van der Waals surface area contributed by atoms with Crippen molar-refractivity contribution in [1.82, 2.24) is 46.9 Å². The first-order chi connectivity index (χ1) is 59.0. The summed E-state index contributed by atoms with van der Waals surface area (Å²) in [5.74, 6) is -2.63. The standard InChI is InChI=1S/C85H130N10O27/c96-50-61-72(105)75(108)78(111)83(120-61)116-46-24-6-3-20-42-86-64(99)37-35-58(81(114)88-43-21-4-7-25-47-117-84-79(112)76(109)73(106)62(51-97)121-84)91-67(102)38-36-59(82(115)89-44-22-5-8-26-48-118-85-80(113)77(110)74(107)63(52-98)122-85)90-66(101)33-13-10-23-45-95-71-57-31-17-18-32-60(57)94(49-55-29-15-16-30-56(55)70(71)92-93-95)68(103)40-39-65(100)87-41-19-2-1-14-34-69(104)119-53-54-27-11-9-12-28-54/h9,11-12,15-18,27-32,58-59,61-63,67,72-80,83-85,91,96-98,102,105-113H,1-8,10,13-14,19-26,33-53H2,(H,86,99)(H,87,100)(H,88,114)(H,89,115)(H,90,101)/t58?,59?,61-,62-,63-,67?,72-,73-,74-,75+,76+,77+,78+,79+,80+,83+,84+,85+/m1/s1. The molecule has 122 heavy (non-hydrogen) atoms. The molecule has 8 rings (SSSR count). The van der Waals surface area contributed by atoms with Gasteiger partial charge in [0.05, 0.1) is 43.8 Å². The summed E-state index contributed by atoms with van der Waals surface area (Å²) in [6, 6.07) is 22.3. The van der Waals surface area contributed by atoms with Crippen molar-refractivity contribution < 1.29 is 133 Å². The predicted molar refractivity (Wildman–Crippen MR) is 439 cm³/mol. The third kappa shape index (κ3) is 32.1. The van der Waals surface area contributed by atoms with Crippen LogP contribution in [-0.2, 0) is 86.4 Å². The van der Waals surface area contributed by atoms with Gasteiger partial charge in [0.25, 0.3) is 0 Å². The van der Waals surface area contributed by atoms with E-state index in [-0.39, 0.29) is 115 Å². The number of anilines is 1. The van der Waals surface area contributed by atoms with Crippen molar-refractivity contribution >= 4 is 47.1 Å². The van der Waals surface area contributed by atoms with Crippen molar-refractivity contribution in [1.29, 1.82) is 0 Å². The summed E-state index contributed by atoms with van der Waals surface area (Å²) in [4.78, 5) is 97.0. The maximum atomic E-state index is 14.4. The van der Waals surface area contributed by atoms with Crippen LogP contribution in [0.2, 0.25) is 0 Å². The fourth-order valence-corrected chi connectivity index (χ4v) is 14.8. The van der Waals surface area contributed by atoms with E-state index >= 15 is 0 Å². The molecule has 37 heteroatoms. The highest BCUT2D eigenvalue weighted by atomic mass is 16.7. The first kappa shape index (κ1) is 99.7. The highest BCUT2D eigenvalue weighted by Gasteiger charge is 2.47. The lowest BCUT2D eigenvalue weighted by molar-refractivity contribution is -0.301. The van der Waals surface area contributed by atoms with Gasteiger partial charge in [-0.1, -0.05) is 136 Å². The second kappa shape index (κ2) is 54.2. The Morgan fingerprint density at radius 1 is 0.443 bits per heavy atom. The number of aliphatic hydroxyl groups is 13. The number of amides is 6. The van der Waals surface area contributed by atoms with E-state index in [0.29, 0.717) is 158 Å². The number of nitrogens with one attached hydrogen (secondary N) is 6. The van der Waals surface area contributed by atoms with Crippen molar-refractivity contribution in [3.8, 4) is 22.5 Å². The third-order valence-electron chi connectivity index (χ3n) is 22.1. The zero-order valence-electron chi connectivity index (χ0n) is 69.5. The van der Waals surface area contributed by atoms with Crippen LogP contribution in [0.5, 0.6) is 0 Å². The third-order valence-corrected chi connectivity index (χ3v) is 22.1. The number of fused-ring (bicyclic) bond motifs is 5. The molecule has 3 aromatic carbocycles. The SMILES string of the molecule is O=C(CCC(=O)N1Cc2ccccc2-c2nnn(CCCCCC(=O)NC(CCC(O)NC(CCC(=O)NCCCCCCO[C@H]3O[C@H](CO)[C@@H](O)[C@H](O)[C@@H]3O)C(=O)NCCCCCCO[C@H]3O[C@H](CO)[C@@H](O)[C@H](O)[C@@H]3O)C(=O)NCCCCCCO[C@H]3O[C@H](CO)[C@@H](O)[C@H](O)[C@@H]3O)c2-c2ccccc21)NCCCCCCC(=O)OCc1ccccc1. The van der Waals surface area contributed by atoms with Gasteiger partial charge in [-0.05, 0) is 101 Å². The Labute approximate surface area is 710 Å². The Bertz CT molecular complexity index is 3760. The molecule has 19 N–H and O–H groups in total. The molecule has 0 bridgehead atoms. The maximum Gasteiger partial charge on any atom is 0.306 e. The number of carbonyl (C=O) groups is 7. The smallest absolute Gasteiger partial charge is 0.306 e. The minimum atomic E-state index is -1.59. The van der Waals surface area contributed by atoms with Crippen LogP contribution in [0.1, 0.15) is 184 Å². The highest BCUT2D eigenvalue weighted by molar-refractivity contribution is 6.01. The fraction of sp³-hybridized carbons (Fsp3) is 0.682. The Morgan fingerprint density at radius 2 is 0.902 bits per heavy atom. The van der Waals surface area contributed by atoms with Crippen LogP contribution in [0.25, 0.3) is 22.5 Å². The summed E-state index contributed by atoms with van der Waals surface area (Å²) >= 11 is 0. The van der Waals surface area contributed by atoms with E-state index in [1.807, 2.05) is 78.9 Å². The largest absolute Gasteiger partial charge is 0.461 e. The zero-order valence-corrected chi connectivity index (χ0v) is 69.5. The molecular weight excluding hydrogens is 1590 g/mol. The number of hydrogen-bond donors (Lipinski definition) is 19. The number of rotatable bonds is 56. The molecule has 0 saturated carbocycles. The summed E-state index contributed by atoms with van der Waals surface area (Å²) < 4.78 is 40.2. The second-order valence-corrected chi connectivity index (χ2v) is 31.5. The number of carbonyl (C=O) groups excluding carboxylic acids is 7. The molecule has 37 nitrogen and oxygen atoms in total. The summed E-state index contributed by atoms with van der Waals surface area (Å²) in [5.41, 5.74) is 5.17. The second-order valence-electron chi connectivity index (χ2n) is 31.5. The molecule has 6 amide bonds. The van der Waals surface area contributed by atoms with Crippen molar-refractivity contribution in [2.45, 2.75) is 303 Å². The van der Waals surface area contributed by atoms with Gasteiger partial charge in [0.2, 0.25) is 35.4 Å². The number of benzene rings is 3. The number of aliphatic hydroxyl groups excluding tert-OH is 13. The first-order valence-electron chi connectivity index (χ1n) is 43.2. The van der Waals surface area contributed by atoms with Crippen LogP contribution in [-0.4, -0.2) is 299 Å². The number of nitrogens with zero attached hydrogens (tertiary/aromatic N) is 4. The summed E-state index contributed by atoms with van der Waals surface area (Å²) in [6.45, 7) is 0.506. The molecule has 3 saturated heterocycles. The number of para-hydroxylation sites is 1. The van der Waals surface area contributed by atoms with E-state index in [9.17, 15) is 99.9 Å². The molecule has 4 aromatic rings. The number of aromatic nitrogens is 3. The Balaban J connectivity index is 0.836. The summed E-state index contributed by atoms with van der Waals surface area (Å²) in [5, 5.41) is 159. The molecule has 4 aliphatic rings. The highest BCUT2D eigenvalue weighted by Crippen LogP contribution is 2.42. The van der Waals surface area contributed by atoms with Crippen LogP contribution >= 0.6 is 0 Å². The topological polar surface area (TPSA) is 553 Å². The lowest BCUT2D eigenvalue weighted by Crippen LogP contribution is -2.59. The van der Waals surface area contributed by atoms with Gasteiger partial charge in [-0.2, -0.15) is 0 Å². The molecule has 18 atom stereocenters. The van der Waals surface area contributed by atoms with Gasteiger partial charge >= 0.3 is 5.97 Å². The van der Waals surface area contributed by atoms with Crippen LogP contribution in [0.3, 0.4) is 0 Å². The van der Waals surface area contributed by atoms with E-state index in [1.54, 1.807) is 9.58 Å². The van der Waals surface area contributed by atoms with Crippen molar-refractivity contribution in [3.63, 3.8) is 0 Å². The molecule has 4 aliphatic heterocycles. The predicted octanol–water partition coefficient (Wildman–Crippen LogP) is 0.410. The molecule has 5 heterocycles. The zero-order chi connectivity index (χ0) is 87.7. The van der Waals surface area contributed by atoms with Crippen LogP contribution in [0, 0.1) is 0 Å². The molecular formula is C85H130N10O27. The molecule has 1 aromatic heterocycles. The summed E-state index contributed by atoms with van der Waals surface area (Å²) in [7, 11) is 0. The molecule has 3 unspecified atom stereocenters. The Hall–Kier alpha value is -7.71. The van der Waals surface area contributed by atoms with Crippen LogP contribution in [0.4, 0.5) is 5.69 Å². The van der Waals surface area contributed by atoms with E-state index < -0.39 is 148 Å². The quantitative estimate of drug-likeness (QED) is 0.0162. The number of ether oxygens (including phenoxy) is 7. The van der Waals surface area contributed by atoms with Gasteiger partial charge in [0.15, 0.2) is 18.9 Å². The number of esters is 1. The minimum Gasteiger partial charge on any atom is -0.461 e. The number of unbranched alkanes of at least 4 members (excludes halogenated alkanes) is 14. The van der Waals surface area contributed by atoms with Crippen molar-refractivity contribution in [3.05, 3.63) is 90.0 Å². The van der Waals surface area contributed by atoms with Crippen molar-refractivity contribution in [2.75, 3.05) is 70.7 Å². The van der Waals surface area contributed by atoms with Gasteiger partial charge < -0.3 is 131 Å². The summed E-state index contributed by atoms with van der Waals surface area (Å²) in [6.07, 6.45) is -11.4. The van der Waals surface area contributed by atoms with E-state index in [1.165, 1.54) is 0 Å². The first-order valence-corrected chi connectivity index (χ1v) is 43.2. The number of hydrogen-bond acceptors (Lipinski definition) is 30. The minimum absolute atomic E-state index is 0.00976. The Kier molecular flexibility index (Phi) is 44.3. The fourth-order valence-electron chi connectivity index (χ4n) is 14.8. The van der Waals surface area contributed by atoms with E-state index in [4.69, 9.17) is 38.3 Å². The molecule has 3 fully saturated rings. The van der Waals surface area contributed by atoms with Gasteiger partial charge in [-0.25, -0.2) is 4.68 Å².